The molecule has 0 saturated carbocycles. The van der Waals surface area contributed by atoms with Gasteiger partial charge in [-0.05, 0) is 69.3 Å². The van der Waals surface area contributed by atoms with Crippen LogP contribution in [0.2, 0.25) is 0 Å². The summed E-state index contributed by atoms with van der Waals surface area (Å²) in [6.07, 6.45) is 1.78. The van der Waals surface area contributed by atoms with Crippen molar-refractivity contribution < 1.29 is 9.53 Å². The van der Waals surface area contributed by atoms with Crippen LogP contribution >= 0.6 is 22.6 Å². The minimum atomic E-state index is -0.420. The maximum absolute atomic E-state index is 12.2. The van der Waals surface area contributed by atoms with Crippen LogP contribution in [0.4, 0.5) is 0 Å². The third-order valence-corrected chi connectivity index (χ3v) is 4.55. The van der Waals surface area contributed by atoms with E-state index in [1.54, 1.807) is 6.08 Å². The average molecular weight is 425 g/mol. The SMILES string of the molecule is O=C1OC(c2ccc(I)cc2)=NC1=Cc1cccc2ccccc12. The molecule has 0 fully saturated rings. The van der Waals surface area contributed by atoms with E-state index >= 15 is 0 Å². The Labute approximate surface area is 152 Å². The van der Waals surface area contributed by atoms with Crippen molar-refractivity contribution in [3.05, 3.63) is 87.1 Å². The first kappa shape index (κ1) is 15.1. The number of rotatable bonds is 2. The van der Waals surface area contributed by atoms with E-state index in [1.165, 1.54) is 0 Å². The summed E-state index contributed by atoms with van der Waals surface area (Å²) in [6, 6.07) is 21.8. The molecule has 3 nitrogen and oxygen atoms in total. The van der Waals surface area contributed by atoms with Crippen molar-refractivity contribution >= 4 is 51.3 Å². The summed E-state index contributed by atoms with van der Waals surface area (Å²) < 4.78 is 6.44. The first-order valence-corrected chi connectivity index (χ1v) is 8.55. The number of ether oxygens (including phenoxy) is 1. The highest BCUT2D eigenvalue weighted by atomic mass is 127. The van der Waals surface area contributed by atoms with Crippen LogP contribution in [-0.4, -0.2) is 11.9 Å². The summed E-state index contributed by atoms with van der Waals surface area (Å²) in [7, 11) is 0. The number of carbonyl (C=O) groups excluding carboxylic acids is 1. The van der Waals surface area contributed by atoms with Crippen LogP contribution in [0.1, 0.15) is 11.1 Å². The summed E-state index contributed by atoms with van der Waals surface area (Å²) in [5.41, 5.74) is 2.07. The van der Waals surface area contributed by atoms with Crippen molar-refractivity contribution in [3.63, 3.8) is 0 Å². The van der Waals surface area contributed by atoms with E-state index in [0.717, 1.165) is 25.5 Å². The van der Waals surface area contributed by atoms with Gasteiger partial charge in [0.05, 0.1) is 0 Å². The number of hydrogen-bond acceptors (Lipinski definition) is 3. The molecule has 1 aliphatic heterocycles. The van der Waals surface area contributed by atoms with Gasteiger partial charge in [-0.3, -0.25) is 0 Å². The van der Waals surface area contributed by atoms with E-state index in [2.05, 4.69) is 27.6 Å². The fourth-order valence-corrected chi connectivity index (χ4v) is 3.01. The van der Waals surface area contributed by atoms with Crippen LogP contribution in [0.3, 0.4) is 0 Å². The Morgan fingerprint density at radius 2 is 1.67 bits per heavy atom. The second kappa shape index (κ2) is 6.20. The van der Waals surface area contributed by atoms with Crippen LogP contribution < -0.4 is 0 Å². The predicted molar refractivity (Wildman–Crippen MR) is 104 cm³/mol. The van der Waals surface area contributed by atoms with Crippen molar-refractivity contribution in [2.24, 2.45) is 4.99 Å². The van der Waals surface area contributed by atoms with Crippen LogP contribution in [0, 0.1) is 3.57 Å². The highest BCUT2D eigenvalue weighted by Gasteiger charge is 2.24. The van der Waals surface area contributed by atoms with Gasteiger partial charge in [0, 0.05) is 9.13 Å². The van der Waals surface area contributed by atoms with Gasteiger partial charge >= 0.3 is 5.97 Å². The van der Waals surface area contributed by atoms with Gasteiger partial charge in [0.2, 0.25) is 5.90 Å². The minimum Gasteiger partial charge on any atom is -0.402 e. The minimum absolute atomic E-state index is 0.319. The van der Waals surface area contributed by atoms with E-state index in [-0.39, 0.29) is 0 Å². The molecule has 116 valence electrons. The van der Waals surface area contributed by atoms with Crippen LogP contribution in [0.15, 0.2) is 77.4 Å². The highest BCUT2D eigenvalue weighted by Crippen LogP contribution is 2.24. The average Bonchev–Trinajstić information content (AvgIpc) is 2.97. The molecule has 0 bridgehead atoms. The summed E-state index contributed by atoms with van der Waals surface area (Å²) in [4.78, 5) is 16.5. The molecule has 0 aliphatic carbocycles. The first-order valence-electron chi connectivity index (χ1n) is 7.47. The molecule has 4 heteroatoms. The molecule has 0 aromatic heterocycles. The number of aliphatic imine (C=N–C) groups is 1. The van der Waals surface area contributed by atoms with Crippen molar-refractivity contribution in [3.8, 4) is 0 Å². The molecule has 24 heavy (non-hydrogen) atoms. The zero-order valence-corrected chi connectivity index (χ0v) is 14.7. The number of benzene rings is 3. The number of hydrogen-bond donors (Lipinski definition) is 0. The topological polar surface area (TPSA) is 38.7 Å². The van der Waals surface area contributed by atoms with Gasteiger partial charge in [-0.15, -0.1) is 0 Å². The predicted octanol–water partition coefficient (Wildman–Crippen LogP) is 4.79. The first-order chi connectivity index (χ1) is 11.7. The fourth-order valence-electron chi connectivity index (χ4n) is 2.65. The second-order valence-corrected chi connectivity index (χ2v) is 6.66. The Morgan fingerprint density at radius 1 is 0.917 bits per heavy atom. The quantitative estimate of drug-likeness (QED) is 0.337. The Kier molecular flexibility index (Phi) is 3.90. The highest BCUT2D eigenvalue weighted by molar-refractivity contribution is 14.1. The van der Waals surface area contributed by atoms with Crippen molar-refractivity contribution in [1.29, 1.82) is 0 Å². The summed E-state index contributed by atoms with van der Waals surface area (Å²) in [5, 5.41) is 2.21. The lowest BCUT2D eigenvalue weighted by molar-refractivity contribution is -0.129. The molecule has 0 amide bonds. The lowest BCUT2D eigenvalue weighted by Gasteiger charge is -2.01. The molecule has 3 aromatic rings. The number of cyclic esters (lactones) is 1. The Balaban J connectivity index is 1.76. The number of esters is 1. The van der Waals surface area contributed by atoms with E-state index in [1.807, 2.05) is 66.7 Å². The van der Waals surface area contributed by atoms with Crippen molar-refractivity contribution in [2.45, 2.75) is 0 Å². The van der Waals surface area contributed by atoms with Gasteiger partial charge in [-0.1, -0.05) is 42.5 Å². The number of carbonyl (C=O) groups is 1. The molecular weight excluding hydrogens is 413 g/mol. The number of nitrogens with zero attached hydrogens (tertiary/aromatic N) is 1. The molecule has 0 radical (unpaired) electrons. The smallest absolute Gasteiger partial charge is 0.363 e. The summed E-state index contributed by atoms with van der Waals surface area (Å²) >= 11 is 2.23. The second-order valence-electron chi connectivity index (χ2n) is 5.41. The maximum Gasteiger partial charge on any atom is 0.363 e. The molecule has 1 aliphatic rings. The third kappa shape index (κ3) is 2.85. The molecule has 0 N–H and O–H groups in total. The van der Waals surface area contributed by atoms with Crippen LogP contribution in [-0.2, 0) is 9.53 Å². The molecule has 0 spiro atoms. The zero-order valence-electron chi connectivity index (χ0n) is 12.6. The fraction of sp³-hybridized carbons (Fsp3) is 0. The maximum atomic E-state index is 12.2. The van der Waals surface area contributed by atoms with Crippen LogP contribution in [0.25, 0.3) is 16.8 Å². The molecule has 0 saturated heterocycles. The van der Waals surface area contributed by atoms with E-state index in [9.17, 15) is 4.79 Å². The van der Waals surface area contributed by atoms with Crippen molar-refractivity contribution in [2.75, 3.05) is 0 Å². The van der Waals surface area contributed by atoms with E-state index < -0.39 is 5.97 Å². The Hall–Kier alpha value is -2.47. The van der Waals surface area contributed by atoms with Crippen LogP contribution in [0.5, 0.6) is 0 Å². The van der Waals surface area contributed by atoms with Gasteiger partial charge in [0.1, 0.15) is 0 Å². The molecular formula is C20H12INO2. The number of fused-ring (bicyclic) bond motifs is 1. The lowest BCUT2D eigenvalue weighted by atomic mass is 10.0. The Morgan fingerprint density at radius 3 is 2.50 bits per heavy atom. The summed E-state index contributed by atoms with van der Waals surface area (Å²) in [5.74, 6) is -0.0700. The largest absolute Gasteiger partial charge is 0.402 e. The molecule has 0 unspecified atom stereocenters. The van der Waals surface area contributed by atoms with Crippen molar-refractivity contribution in [1.82, 2.24) is 0 Å². The molecule has 4 rings (SSSR count). The molecule has 0 atom stereocenters. The van der Waals surface area contributed by atoms with E-state index in [4.69, 9.17) is 4.74 Å². The standard InChI is InChI=1S/C20H12INO2/c21-16-10-8-14(9-11-16)19-22-18(20(23)24-19)12-15-6-3-5-13-4-1-2-7-17(13)15/h1-12H. The van der Waals surface area contributed by atoms with Gasteiger partial charge in [0.25, 0.3) is 0 Å². The zero-order chi connectivity index (χ0) is 16.5. The number of halogens is 1. The third-order valence-electron chi connectivity index (χ3n) is 3.83. The normalized spacial score (nSPS) is 15.6. The van der Waals surface area contributed by atoms with Gasteiger partial charge < -0.3 is 4.74 Å². The van der Waals surface area contributed by atoms with Gasteiger partial charge in [0.15, 0.2) is 5.70 Å². The molecule has 1 heterocycles. The Bertz CT molecular complexity index is 998. The molecule has 3 aromatic carbocycles. The van der Waals surface area contributed by atoms with Gasteiger partial charge in [-0.25, -0.2) is 9.79 Å². The van der Waals surface area contributed by atoms with E-state index in [0.29, 0.717) is 11.6 Å². The summed E-state index contributed by atoms with van der Waals surface area (Å²) in [6.45, 7) is 0. The monoisotopic (exact) mass is 425 g/mol. The van der Waals surface area contributed by atoms with Gasteiger partial charge in [-0.2, -0.15) is 0 Å². The lowest BCUT2D eigenvalue weighted by Crippen LogP contribution is -2.05.